The van der Waals surface area contributed by atoms with Gasteiger partial charge in [0, 0.05) is 23.5 Å². The Kier molecular flexibility index (Phi) is 5.63. The molecule has 1 N–H and O–H groups in total. The predicted octanol–water partition coefficient (Wildman–Crippen LogP) is 5.14. The van der Waals surface area contributed by atoms with Crippen LogP contribution in [0.3, 0.4) is 0 Å². The summed E-state index contributed by atoms with van der Waals surface area (Å²) in [5.41, 5.74) is 6.74. The largest absolute Gasteiger partial charge is 0.349 e. The number of fused-ring (bicyclic) bond motifs is 1. The van der Waals surface area contributed by atoms with Gasteiger partial charge in [-0.1, -0.05) is 29.8 Å². The van der Waals surface area contributed by atoms with Crippen molar-refractivity contribution in [2.45, 2.75) is 72.4 Å². The highest BCUT2D eigenvalue weighted by atomic mass is 16.1. The van der Waals surface area contributed by atoms with Gasteiger partial charge < -0.3 is 5.32 Å². The molecule has 1 aliphatic carbocycles. The van der Waals surface area contributed by atoms with Gasteiger partial charge in [-0.25, -0.2) is 9.67 Å². The molecule has 5 nitrogen and oxygen atoms in total. The number of nitrogens with one attached hydrogen (secondary N) is 1. The fraction of sp³-hybridized carbons (Fsp3) is 0.480. The van der Waals surface area contributed by atoms with Gasteiger partial charge in [-0.3, -0.25) is 4.79 Å². The number of carbonyl (C=O) groups excluding carboxylic acids is 1. The highest BCUT2D eigenvalue weighted by molar-refractivity contribution is 5.81. The van der Waals surface area contributed by atoms with Gasteiger partial charge in [0.25, 0.3) is 0 Å². The number of benzene rings is 1. The molecule has 5 heteroatoms. The number of amides is 1. The van der Waals surface area contributed by atoms with Gasteiger partial charge in [0.05, 0.1) is 12.2 Å². The first-order valence-electron chi connectivity index (χ1n) is 11.0. The van der Waals surface area contributed by atoms with Crippen LogP contribution < -0.4 is 5.32 Å². The second kappa shape index (κ2) is 8.21. The van der Waals surface area contributed by atoms with Gasteiger partial charge in [0.2, 0.25) is 5.91 Å². The van der Waals surface area contributed by atoms with Crippen LogP contribution in [-0.4, -0.2) is 20.7 Å². The molecule has 1 aromatic carbocycles. The van der Waals surface area contributed by atoms with Crippen LogP contribution in [0.4, 0.5) is 0 Å². The average Bonchev–Trinajstić information content (AvgIpc) is 3.45. The second-order valence-corrected chi connectivity index (χ2v) is 9.01. The average molecular weight is 405 g/mol. The number of aryl methyl sites for hydroxylation is 3. The van der Waals surface area contributed by atoms with Gasteiger partial charge >= 0.3 is 0 Å². The molecule has 1 fully saturated rings. The molecule has 4 rings (SSSR count). The highest BCUT2D eigenvalue weighted by Crippen LogP contribution is 2.41. The van der Waals surface area contributed by atoms with Crippen LogP contribution in [0.25, 0.3) is 11.0 Å². The van der Waals surface area contributed by atoms with Crippen LogP contribution in [0, 0.1) is 26.7 Å². The number of aromatic nitrogens is 3. The van der Waals surface area contributed by atoms with Crippen molar-refractivity contribution < 1.29 is 4.79 Å². The van der Waals surface area contributed by atoms with Crippen molar-refractivity contribution in [2.24, 2.45) is 5.92 Å². The molecule has 1 saturated carbocycles. The summed E-state index contributed by atoms with van der Waals surface area (Å²) in [6.45, 7) is 10.5. The van der Waals surface area contributed by atoms with Crippen molar-refractivity contribution in [2.75, 3.05) is 0 Å². The van der Waals surface area contributed by atoms with E-state index in [4.69, 9.17) is 4.98 Å². The maximum Gasteiger partial charge on any atom is 0.220 e. The molecular weight excluding hydrogens is 372 g/mol. The molecule has 1 unspecified atom stereocenters. The van der Waals surface area contributed by atoms with E-state index in [1.54, 1.807) is 0 Å². The molecular formula is C25H32N4O. The fourth-order valence-electron chi connectivity index (χ4n) is 4.30. The molecule has 1 aliphatic rings. The van der Waals surface area contributed by atoms with Gasteiger partial charge in [0.15, 0.2) is 5.65 Å². The minimum atomic E-state index is 0.115. The third-order valence-corrected chi connectivity index (χ3v) is 6.27. The number of carbonyl (C=O) groups is 1. The van der Waals surface area contributed by atoms with Crippen LogP contribution in [0.1, 0.15) is 73.1 Å². The lowest BCUT2D eigenvalue weighted by molar-refractivity contribution is -0.122. The quantitative estimate of drug-likeness (QED) is 0.593. The highest BCUT2D eigenvalue weighted by Gasteiger charge is 2.33. The predicted molar refractivity (Wildman–Crippen MR) is 120 cm³/mol. The molecule has 30 heavy (non-hydrogen) atoms. The summed E-state index contributed by atoms with van der Waals surface area (Å²) < 4.78 is 1.97. The summed E-state index contributed by atoms with van der Waals surface area (Å²) in [5.74, 6) is 0.685. The minimum Gasteiger partial charge on any atom is -0.349 e. The van der Waals surface area contributed by atoms with Crippen molar-refractivity contribution in [1.29, 1.82) is 0 Å². The Hall–Kier alpha value is -2.69. The van der Waals surface area contributed by atoms with Crippen molar-refractivity contribution in [3.63, 3.8) is 0 Å². The van der Waals surface area contributed by atoms with Gasteiger partial charge in [-0.2, -0.15) is 5.10 Å². The maximum atomic E-state index is 12.8. The van der Waals surface area contributed by atoms with Crippen LogP contribution in [0.5, 0.6) is 0 Å². The Bertz CT molecular complexity index is 1060. The Morgan fingerprint density at radius 1 is 1.17 bits per heavy atom. The van der Waals surface area contributed by atoms with Gasteiger partial charge in [-0.05, 0) is 76.5 Å². The standard InChI is InChI=1S/C25H32N4O/c1-15(2)29-25-22(14-26-29)17(4)21(18(5)27-25)12-13-23(30)28-24(20-10-11-20)19-8-6-16(3)7-9-19/h6-9,14-15,20,24H,10-13H2,1-5H3,(H,28,30). The molecule has 0 radical (unpaired) electrons. The van der Waals surface area contributed by atoms with E-state index >= 15 is 0 Å². The molecule has 0 spiro atoms. The zero-order valence-corrected chi connectivity index (χ0v) is 18.7. The zero-order valence-electron chi connectivity index (χ0n) is 18.7. The normalized spacial score (nSPS) is 15.0. The summed E-state index contributed by atoms with van der Waals surface area (Å²) in [6.07, 6.45) is 5.46. The minimum absolute atomic E-state index is 0.115. The number of nitrogens with zero attached hydrogens (tertiary/aromatic N) is 3. The van der Waals surface area contributed by atoms with Crippen molar-refractivity contribution in [1.82, 2.24) is 20.1 Å². The zero-order chi connectivity index (χ0) is 21.4. The van der Waals surface area contributed by atoms with Crippen molar-refractivity contribution >= 4 is 16.9 Å². The summed E-state index contributed by atoms with van der Waals surface area (Å²) in [4.78, 5) is 17.7. The van der Waals surface area contributed by atoms with Crippen LogP contribution in [0.15, 0.2) is 30.5 Å². The van der Waals surface area contributed by atoms with Gasteiger partial charge in [0.1, 0.15) is 0 Å². The van der Waals surface area contributed by atoms with E-state index < -0.39 is 0 Å². The third kappa shape index (κ3) is 4.11. The van der Waals surface area contributed by atoms with Gasteiger partial charge in [-0.15, -0.1) is 0 Å². The maximum absolute atomic E-state index is 12.8. The molecule has 2 heterocycles. The summed E-state index contributed by atoms with van der Waals surface area (Å²) in [5, 5.41) is 8.90. The van der Waals surface area contributed by atoms with E-state index in [2.05, 4.69) is 62.4 Å². The summed E-state index contributed by atoms with van der Waals surface area (Å²) in [7, 11) is 0. The lowest BCUT2D eigenvalue weighted by Crippen LogP contribution is -2.30. The topological polar surface area (TPSA) is 59.8 Å². The first-order chi connectivity index (χ1) is 14.3. The first kappa shape index (κ1) is 20.6. The third-order valence-electron chi connectivity index (χ3n) is 6.27. The molecule has 0 saturated heterocycles. The number of hydrogen-bond acceptors (Lipinski definition) is 3. The smallest absolute Gasteiger partial charge is 0.220 e. The lowest BCUT2D eigenvalue weighted by atomic mass is 9.99. The lowest BCUT2D eigenvalue weighted by Gasteiger charge is -2.19. The Balaban J connectivity index is 1.48. The Morgan fingerprint density at radius 2 is 1.87 bits per heavy atom. The number of hydrogen-bond donors (Lipinski definition) is 1. The fourth-order valence-corrected chi connectivity index (χ4v) is 4.30. The van der Waals surface area contributed by atoms with Crippen molar-refractivity contribution in [3.8, 4) is 0 Å². The Morgan fingerprint density at radius 3 is 2.50 bits per heavy atom. The molecule has 0 bridgehead atoms. The summed E-state index contributed by atoms with van der Waals surface area (Å²) >= 11 is 0. The second-order valence-electron chi connectivity index (χ2n) is 9.01. The molecule has 3 aromatic rings. The SMILES string of the molecule is Cc1ccc(C(NC(=O)CCc2c(C)nc3c(cnn3C(C)C)c2C)C2CC2)cc1. The number of rotatable bonds is 7. The molecule has 1 atom stereocenters. The van der Waals surface area contributed by atoms with E-state index in [1.165, 1.54) is 35.1 Å². The molecule has 1 amide bonds. The molecule has 2 aromatic heterocycles. The van der Waals surface area contributed by atoms with E-state index in [0.717, 1.165) is 16.7 Å². The summed E-state index contributed by atoms with van der Waals surface area (Å²) in [6, 6.07) is 8.95. The van der Waals surface area contributed by atoms with E-state index in [1.807, 2.05) is 17.8 Å². The van der Waals surface area contributed by atoms with Crippen LogP contribution in [0.2, 0.25) is 0 Å². The Labute approximate surface area is 178 Å². The monoisotopic (exact) mass is 404 g/mol. The van der Waals surface area contributed by atoms with E-state index in [0.29, 0.717) is 18.8 Å². The van der Waals surface area contributed by atoms with Crippen LogP contribution >= 0.6 is 0 Å². The van der Waals surface area contributed by atoms with E-state index in [-0.39, 0.29) is 18.0 Å². The van der Waals surface area contributed by atoms with Crippen LogP contribution in [-0.2, 0) is 11.2 Å². The first-order valence-corrected chi connectivity index (χ1v) is 11.0. The molecule has 158 valence electrons. The van der Waals surface area contributed by atoms with Crippen molar-refractivity contribution in [3.05, 3.63) is 58.4 Å². The number of pyridine rings is 1. The van der Waals surface area contributed by atoms with E-state index in [9.17, 15) is 4.79 Å². The molecule has 0 aliphatic heterocycles.